The molecular formula is C22H23NO. The maximum Gasteiger partial charge on any atom is 0.220 e. The molecule has 0 saturated heterocycles. The third-order valence-electron chi connectivity index (χ3n) is 4.52. The summed E-state index contributed by atoms with van der Waals surface area (Å²) in [6, 6.07) is 21.0. The van der Waals surface area contributed by atoms with E-state index in [1.807, 2.05) is 12.1 Å². The van der Waals surface area contributed by atoms with Crippen LogP contribution in [0.5, 0.6) is 0 Å². The topological polar surface area (TPSA) is 29.1 Å². The second kappa shape index (κ2) is 7.31. The second-order valence-electron chi connectivity index (χ2n) is 6.38. The number of carbonyl (C=O) groups excluding carboxylic acids is 1. The van der Waals surface area contributed by atoms with Crippen molar-refractivity contribution >= 4 is 16.7 Å². The fraction of sp³-hybridized carbons (Fsp3) is 0.227. The van der Waals surface area contributed by atoms with E-state index < -0.39 is 0 Å². The van der Waals surface area contributed by atoms with Crippen LogP contribution in [0, 0.1) is 13.8 Å². The van der Waals surface area contributed by atoms with E-state index in [0.717, 1.165) is 12.0 Å². The highest BCUT2D eigenvalue weighted by Crippen LogP contribution is 2.15. The third kappa shape index (κ3) is 4.02. The quantitative estimate of drug-likeness (QED) is 0.726. The first-order valence-corrected chi connectivity index (χ1v) is 8.42. The zero-order chi connectivity index (χ0) is 16.9. The molecule has 1 N–H and O–H groups in total. The van der Waals surface area contributed by atoms with Gasteiger partial charge in [-0.2, -0.15) is 0 Å². The molecule has 0 aromatic heterocycles. The summed E-state index contributed by atoms with van der Waals surface area (Å²) in [5, 5.41) is 5.45. The van der Waals surface area contributed by atoms with Crippen LogP contribution in [0.25, 0.3) is 10.8 Å². The Balaban J connectivity index is 1.53. The van der Waals surface area contributed by atoms with Gasteiger partial charge in [-0.15, -0.1) is 0 Å². The standard InChI is InChI=1S/C22H23NO/c1-16-7-8-18(13-17(16)2)10-12-22(24)23-15-19-9-11-20-5-3-4-6-21(20)14-19/h3-9,11,13-14H,10,12,15H2,1-2H3,(H,23,24). The van der Waals surface area contributed by atoms with E-state index in [2.05, 4.69) is 67.7 Å². The van der Waals surface area contributed by atoms with Crippen LogP contribution >= 0.6 is 0 Å². The van der Waals surface area contributed by atoms with Gasteiger partial charge in [0.1, 0.15) is 0 Å². The molecule has 3 rings (SSSR count). The molecule has 0 atom stereocenters. The number of rotatable bonds is 5. The van der Waals surface area contributed by atoms with Crippen LogP contribution in [-0.2, 0) is 17.8 Å². The molecule has 0 spiro atoms. The summed E-state index contributed by atoms with van der Waals surface area (Å²) >= 11 is 0. The average Bonchev–Trinajstić information content (AvgIpc) is 2.60. The molecule has 122 valence electrons. The number of hydrogen-bond acceptors (Lipinski definition) is 1. The molecule has 0 bridgehead atoms. The van der Waals surface area contributed by atoms with Crippen LogP contribution in [0.4, 0.5) is 0 Å². The van der Waals surface area contributed by atoms with Gasteiger partial charge in [-0.1, -0.05) is 54.6 Å². The molecule has 0 radical (unpaired) electrons. The molecular weight excluding hydrogens is 294 g/mol. The first kappa shape index (κ1) is 16.3. The van der Waals surface area contributed by atoms with E-state index in [1.54, 1.807) is 0 Å². The van der Waals surface area contributed by atoms with Gasteiger partial charge in [0, 0.05) is 13.0 Å². The molecule has 3 aromatic carbocycles. The maximum absolute atomic E-state index is 12.1. The summed E-state index contributed by atoms with van der Waals surface area (Å²) < 4.78 is 0. The van der Waals surface area contributed by atoms with Gasteiger partial charge >= 0.3 is 0 Å². The Kier molecular flexibility index (Phi) is 4.95. The lowest BCUT2D eigenvalue weighted by Gasteiger charge is -2.08. The van der Waals surface area contributed by atoms with Crippen LogP contribution in [0.2, 0.25) is 0 Å². The number of fused-ring (bicyclic) bond motifs is 1. The SMILES string of the molecule is Cc1ccc(CCC(=O)NCc2ccc3ccccc3c2)cc1C. The minimum Gasteiger partial charge on any atom is -0.352 e. The van der Waals surface area contributed by atoms with Crippen molar-refractivity contribution in [2.45, 2.75) is 33.2 Å². The Bertz CT molecular complexity index is 867. The van der Waals surface area contributed by atoms with E-state index in [0.29, 0.717) is 13.0 Å². The smallest absolute Gasteiger partial charge is 0.220 e. The normalized spacial score (nSPS) is 10.8. The van der Waals surface area contributed by atoms with Gasteiger partial charge in [0.25, 0.3) is 0 Å². The first-order valence-electron chi connectivity index (χ1n) is 8.42. The molecule has 0 unspecified atom stereocenters. The molecule has 0 aliphatic carbocycles. The van der Waals surface area contributed by atoms with Crippen molar-refractivity contribution in [3.63, 3.8) is 0 Å². The maximum atomic E-state index is 12.1. The monoisotopic (exact) mass is 317 g/mol. The van der Waals surface area contributed by atoms with Crippen LogP contribution in [-0.4, -0.2) is 5.91 Å². The fourth-order valence-electron chi connectivity index (χ4n) is 2.85. The number of benzene rings is 3. The molecule has 2 heteroatoms. The minimum absolute atomic E-state index is 0.0985. The van der Waals surface area contributed by atoms with Crippen molar-refractivity contribution in [2.24, 2.45) is 0 Å². The Morgan fingerprint density at radius 1 is 0.833 bits per heavy atom. The van der Waals surface area contributed by atoms with Crippen molar-refractivity contribution in [1.29, 1.82) is 0 Å². The summed E-state index contributed by atoms with van der Waals surface area (Å²) in [6.45, 7) is 4.80. The predicted octanol–water partition coefficient (Wildman–Crippen LogP) is 4.71. The van der Waals surface area contributed by atoms with Gasteiger partial charge in [-0.3, -0.25) is 4.79 Å². The van der Waals surface area contributed by atoms with Gasteiger partial charge in [0.2, 0.25) is 5.91 Å². The lowest BCUT2D eigenvalue weighted by atomic mass is 10.0. The Morgan fingerprint density at radius 2 is 1.58 bits per heavy atom. The Hall–Kier alpha value is -2.61. The molecule has 3 aromatic rings. The molecule has 0 saturated carbocycles. The van der Waals surface area contributed by atoms with Gasteiger partial charge in [0.15, 0.2) is 0 Å². The summed E-state index contributed by atoms with van der Waals surface area (Å²) in [4.78, 5) is 12.1. The summed E-state index contributed by atoms with van der Waals surface area (Å²) in [6.07, 6.45) is 1.31. The fourth-order valence-corrected chi connectivity index (χ4v) is 2.85. The van der Waals surface area contributed by atoms with Gasteiger partial charge in [-0.05, 0) is 59.4 Å². The minimum atomic E-state index is 0.0985. The van der Waals surface area contributed by atoms with Crippen molar-refractivity contribution in [3.05, 3.63) is 82.9 Å². The van der Waals surface area contributed by atoms with E-state index in [1.165, 1.54) is 27.5 Å². The van der Waals surface area contributed by atoms with E-state index in [4.69, 9.17) is 0 Å². The number of hydrogen-bond donors (Lipinski definition) is 1. The number of aryl methyl sites for hydroxylation is 3. The van der Waals surface area contributed by atoms with Gasteiger partial charge in [0.05, 0.1) is 0 Å². The molecule has 1 amide bonds. The summed E-state index contributed by atoms with van der Waals surface area (Å²) in [5.74, 6) is 0.0985. The van der Waals surface area contributed by atoms with Crippen molar-refractivity contribution in [3.8, 4) is 0 Å². The number of amides is 1. The van der Waals surface area contributed by atoms with Gasteiger partial charge < -0.3 is 5.32 Å². The molecule has 0 aliphatic heterocycles. The van der Waals surface area contributed by atoms with Crippen LogP contribution < -0.4 is 5.32 Å². The molecule has 2 nitrogen and oxygen atoms in total. The van der Waals surface area contributed by atoms with E-state index in [-0.39, 0.29) is 5.91 Å². The highest BCUT2D eigenvalue weighted by molar-refractivity contribution is 5.83. The van der Waals surface area contributed by atoms with Gasteiger partial charge in [-0.25, -0.2) is 0 Å². The van der Waals surface area contributed by atoms with Crippen molar-refractivity contribution in [1.82, 2.24) is 5.32 Å². The largest absolute Gasteiger partial charge is 0.352 e. The number of nitrogens with one attached hydrogen (secondary N) is 1. The van der Waals surface area contributed by atoms with Crippen molar-refractivity contribution in [2.75, 3.05) is 0 Å². The molecule has 24 heavy (non-hydrogen) atoms. The second-order valence-corrected chi connectivity index (χ2v) is 6.38. The first-order chi connectivity index (χ1) is 11.6. The van der Waals surface area contributed by atoms with Crippen molar-refractivity contribution < 1.29 is 4.79 Å². The van der Waals surface area contributed by atoms with Crippen LogP contribution in [0.3, 0.4) is 0 Å². The Morgan fingerprint density at radius 3 is 2.38 bits per heavy atom. The lowest BCUT2D eigenvalue weighted by molar-refractivity contribution is -0.121. The molecule has 0 heterocycles. The van der Waals surface area contributed by atoms with Crippen LogP contribution in [0.15, 0.2) is 60.7 Å². The highest BCUT2D eigenvalue weighted by atomic mass is 16.1. The Labute approximate surface area is 143 Å². The van der Waals surface area contributed by atoms with E-state index in [9.17, 15) is 4.79 Å². The summed E-state index contributed by atoms with van der Waals surface area (Å²) in [5.41, 5.74) is 4.93. The predicted molar refractivity (Wildman–Crippen MR) is 100 cm³/mol. The third-order valence-corrected chi connectivity index (χ3v) is 4.52. The van der Waals surface area contributed by atoms with Crippen LogP contribution in [0.1, 0.15) is 28.7 Å². The zero-order valence-electron chi connectivity index (χ0n) is 14.3. The summed E-state index contributed by atoms with van der Waals surface area (Å²) in [7, 11) is 0. The lowest BCUT2D eigenvalue weighted by Crippen LogP contribution is -2.23. The molecule has 0 fully saturated rings. The highest BCUT2D eigenvalue weighted by Gasteiger charge is 2.04. The number of carbonyl (C=O) groups is 1. The van der Waals surface area contributed by atoms with E-state index >= 15 is 0 Å². The molecule has 0 aliphatic rings. The average molecular weight is 317 g/mol. The zero-order valence-corrected chi connectivity index (χ0v) is 14.3.